The lowest BCUT2D eigenvalue weighted by atomic mass is 10.3. The summed E-state index contributed by atoms with van der Waals surface area (Å²) in [6.07, 6.45) is 0.988. The Labute approximate surface area is 110 Å². The molecule has 0 radical (unpaired) electrons. The van der Waals surface area contributed by atoms with Gasteiger partial charge in [0, 0.05) is 6.07 Å². The number of H-pyrrole nitrogens is 3. The van der Waals surface area contributed by atoms with Crippen molar-refractivity contribution in [2.45, 2.75) is 6.92 Å². The molecule has 2 aromatic heterocycles. The van der Waals surface area contributed by atoms with Gasteiger partial charge in [-0.2, -0.15) is 5.10 Å². The van der Waals surface area contributed by atoms with Crippen LogP contribution in [0.5, 0.6) is 5.88 Å². The van der Waals surface area contributed by atoms with Gasteiger partial charge >= 0.3 is 5.69 Å². The maximum atomic E-state index is 11.4. The normalized spacial score (nSPS) is 10.8. The molecule has 0 aliphatic carbocycles. The third-order valence-corrected chi connectivity index (χ3v) is 2.19. The van der Waals surface area contributed by atoms with E-state index >= 15 is 0 Å². The molecule has 0 fully saturated rings. The maximum Gasteiger partial charge on any atom is 0.328 e. The van der Waals surface area contributed by atoms with Crippen LogP contribution in [0, 0.1) is 6.92 Å². The molecule has 10 heteroatoms. The fraction of sp³-hybridized carbons (Fsp3) is 0.100. The van der Waals surface area contributed by atoms with Crippen molar-refractivity contribution >= 4 is 12.0 Å². The van der Waals surface area contributed by atoms with Gasteiger partial charge in [0.2, 0.25) is 5.88 Å². The molecule has 2 heterocycles. The topological polar surface area (TPSA) is 156 Å². The number of hydrogen-bond acceptors (Lipinski definition) is 7. The van der Waals surface area contributed by atoms with Crippen LogP contribution < -0.4 is 22.2 Å². The molecular formula is C10H10N6O4. The molecule has 5 N–H and O–H groups in total. The summed E-state index contributed by atoms with van der Waals surface area (Å²) in [4.78, 5) is 43.7. The Bertz CT molecular complexity index is 831. The Morgan fingerprint density at radius 3 is 2.70 bits per heavy atom. The molecule has 0 saturated heterocycles. The molecule has 2 aromatic rings. The smallest absolute Gasteiger partial charge is 0.328 e. The lowest BCUT2D eigenvalue weighted by molar-refractivity contribution is 0.447. The highest BCUT2D eigenvalue weighted by atomic mass is 16.3. The Balaban J connectivity index is 2.25. The molecule has 0 bridgehead atoms. The number of rotatable bonds is 3. The number of aromatic hydroxyl groups is 1. The number of anilines is 1. The zero-order chi connectivity index (χ0) is 14.7. The minimum absolute atomic E-state index is 0.169. The zero-order valence-electron chi connectivity index (χ0n) is 10.2. The second-order valence-corrected chi connectivity index (χ2v) is 3.76. The highest BCUT2D eigenvalue weighted by Gasteiger charge is 2.05. The van der Waals surface area contributed by atoms with E-state index in [1.165, 1.54) is 6.07 Å². The number of nitrogens with zero attached hydrogens (tertiary/aromatic N) is 2. The van der Waals surface area contributed by atoms with Gasteiger partial charge < -0.3 is 10.1 Å². The first kappa shape index (κ1) is 13.3. The van der Waals surface area contributed by atoms with E-state index in [0.29, 0.717) is 5.82 Å². The van der Waals surface area contributed by atoms with Crippen molar-refractivity contribution in [1.29, 1.82) is 0 Å². The maximum absolute atomic E-state index is 11.4. The van der Waals surface area contributed by atoms with Crippen LogP contribution in [0.4, 0.5) is 5.82 Å². The van der Waals surface area contributed by atoms with Gasteiger partial charge in [0.05, 0.1) is 6.21 Å². The molecule has 0 saturated carbocycles. The first-order valence-electron chi connectivity index (χ1n) is 5.38. The lowest BCUT2D eigenvalue weighted by Crippen LogP contribution is -2.25. The second-order valence-electron chi connectivity index (χ2n) is 3.76. The summed E-state index contributed by atoms with van der Waals surface area (Å²) in [6.45, 7) is 1.59. The van der Waals surface area contributed by atoms with Crippen molar-refractivity contribution in [2.24, 2.45) is 5.10 Å². The fourth-order valence-corrected chi connectivity index (χ4v) is 1.40. The van der Waals surface area contributed by atoms with Crippen LogP contribution in [0.25, 0.3) is 0 Å². The predicted octanol–water partition coefficient (Wildman–Crippen LogP) is -1.39. The summed E-state index contributed by atoms with van der Waals surface area (Å²) in [6, 6.07) is 1.17. The average molecular weight is 278 g/mol. The van der Waals surface area contributed by atoms with Crippen molar-refractivity contribution in [2.75, 3.05) is 5.43 Å². The SMILES string of the molecule is Cc1nc(N/N=C/c2c(O)[nH]c(=O)[nH]c2=O)cc(=O)[nH]1. The Hall–Kier alpha value is -3.17. The first-order chi connectivity index (χ1) is 9.45. The standard InChI is InChI=1S/C10H10N6O4/c1-4-12-6(2-7(17)13-4)16-11-3-5-8(18)14-10(20)15-9(5)19/h2-3H,1H3,(H2,12,13,16,17)(H3,14,15,18,19,20)/b11-3+. The van der Waals surface area contributed by atoms with Crippen LogP contribution in [0.1, 0.15) is 11.4 Å². The van der Waals surface area contributed by atoms with E-state index in [9.17, 15) is 19.5 Å². The molecule has 10 nitrogen and oxygen atoms in total. The van der Waals surface area contributed by atoms with Gasteiger partial charge in [-0.1, -0.05) is 0 Å². The van der Waals surface area contributed by atoms with E-state index in [0.717, 1.165) is 6.21 Å². The summed E-state index contributed by atoms with van der Waals surface area (Å²) < 4.78 is 0. The third kappa shape index (κ3) is 2.98. The molecule has 20 heavy (non-hydrogen) atoms. The van der Waals surface area contributed by atoms with Crippen LogP contribution >= 0.6 is 0 Å². The van der Waals surface area contributed by atoms with Crippen molar-refractivity contribution in [3.8, 4) is 5.88 Å². The molecule has 104 valence electrons. The number of hydrogen-bond donors (Lipinski definition) is 5. The fourth-order valence-electron chi connectivity index (χ4n) is 1.40. The van der Waals surface area contributed by atoms with Gasteiger partial charge in [0.25, 0.3) is 11.1 Å². The Morgan fingerprint density at radius 2 is 2.05 bits per heavy atom. The second kappa shape index (κ2) is 5.22. The number of nitrogens with one attached hydrogen (secondary N) is 4. The monoisotopic (exact) mass is 278 g/mol. The van der Waals surface area contributed by atoms with Gasteiger partial charge in [-0.15, -0.1) is 0 Å². The summed E-state index contributed by atoms with van der Waals surface area (Å²) in [5, 5.41) is 13.0. The average Bonchev–Trinajstić information content (AvgIpc) is 2.31. The van der Waals surface area contributed by atoms with Gasteiger partial charge in [-0.05, 0) is 6.92 Å². The van der Waals surface area contributed by atoms with Crippen molar-refractivity contribution in [3.05, 3.63) is 48.6 Å². The van der Waals surface area contributed by atoms with Crippen LogP contribution in [0.15, 0.2) is 25.6 Å². The van der Waals surface area contributed by atoms with E-state index in [1.54, 1.807) is 6.92 Å². The molecule has 0 spiro atoms. The molecule has 0 aliphatic heterocycles. The molecule has 0 amide bonds. The minimum Gasteiger partial charge on any atom is -0.494 e. The van der Waals surface area contributed by atoms with Crippen molar-refractivity contribution in [1.82, 2.24) is 19.9 Å². The summed E-state index contributed by atoms with van der Waals surface area (Å²) in [7, 11) is 0. The van der Waals surface area contributed by atoms with Crippen LogP contribution in [-0.2, 0) is 0 Å². The Morgan fingerprint density at radius 1 is 1.30 bits per heavy atom. The summed E-state index contributed by atoms with van der Waals surface area (Å²) in [5.74, 6) is -0.0536. The molecule has 0 aromatic carbocycles. The minimum atomic E-state index is -0.829. The van der Waals surface area contributed by atoms with E-state index < -0.39 is 17.1 Å². The molecule has 2 rings (SSSR count). The summed E-state index contributed by atoms with van der Waals surface area (Å²) >= 11 is 0. The van der Waals surface area contributed by atoms with Crippen LogP contribution in [-0.4, -0.2) is 31.3 Å². The van der Waals surface area contributed by atoms with E-state index in [-0.39, 0.29) is 16.9 Å². The van der Waals surface area contributed by atoms with E-state index in [1.807, 2.05) is 9.97 Å². The van der Waals surface area contributed by atoms with Gasteiger partial charge in [-0.3, -0.25) is 25.0 Å². The Kier molecular flexibility index (Phi) is 3.46. The molecule has 0 aliphatic rings. The third-order valence-electron chi connectivity index (χ3n) is 2.19. The van der Waals surface area contributed by atoms with E-state index in [2.05, 4.69) is 20.5 Å². The van der Waals surface area contributed by atoms with Gasteiger partial charge in [-0.25, -0.2) is 9.78 Å². The van der Waals surface area contributed by atoms with E-state index in [4.69, 9.17) is 0 Å². The molecule has 0 unspecified atom stereocenters. The zero-order valence-corrected chi connectivity index (χ0v) is 10.2. The lowest BCUT2D eigenvalue weighted by Gasteiger charge is -2.00. The highest BCUT2D eigenvalue weighted by Crippen LogP contribution is 2.02. The largest absolute Gasteiger partial charge is 0.494 e. The highest BCUT2D eigenvalue weighted by molar-refractivity contribution is 5.82. The number of aryl methyl sites for hydroxylation is 1. The van der Waals surface area contributed by atoms with Crippen molar-refractivity contribution in [3.63, 3.8) is 0 Å². The van der Waals surface area contributed by atoms with Crippen LogP contribution in [0.3, 0.4) is 0 Å². The molecular weight excluding hydrogens is 268 g/mol. The van der Waals surface area contributed by atoms with Gasteiger partial charge in [0.15, 0.2) is 5.82 Å². The van der Waals surface area contributed by atoms with Crippen molar-refractivity contribution < 1.29 is 5.11 Å². The number of hydrazone groups is 1. The first-order valence-corrected chi connectivity index (χ1v) is 5.38. The van der Waals surface area contributed by atoms with Gasteiger partial charge in [0.1, 0.15) is 11.4 Å². The summed E-state index contributed by atoms with van der Waals surface area (Å²) in [5.41, 5.74) is 0.199. The quantitative estimate of drug-likeness (QED) is 0.343. The molecule has 0 atom stereocenters. The predicted molar refractivity (Wildman–Crippen MR) is 70.2 cm³/mol. The number of aromatic amines is 3. The van der Waals surface area contributed by atoms with Crippen LogP contribution in [0.2, 0.25) is 0 Å². The number of aromatic nitrogens is 4.